The third kappa shape index (κ3) is 7.48. The zero-order valence-corrected chi connectivity index (χ0v) is 25.5. The van der Waals surface area contributed by atoms with E-state index >= 15 is 0 Å². The largest absolute Gasteiger partial charge is 0.493 e. The summed E-state index contributed by atoms with van der Waals surface area (Å²) in [6, 6.07) is 7.19. The molecule has 0 saturated carbocycles. The van der Waals surface area contributed by atoms with Gasteiger partial charge in [-0.25, -0.2) is 9.86 Å². The van der Waals surface area contributed by atoms with Crippen LogP contribution < -0.4 is 28.6 Å². The zero-order valence-electron chi connectivity index (χ0n) is 25.5. The van der Waals surface area contributed by atoms with E-state index in [-0.39, 0.29) is 18.8 Å². The Morgan fingerprint density at radius 1 is 0.805 bits per heavy atom. The molecule has 10 heteroatoms. The summed E-state index contributed by atoms with van der Waals surface area (Å²) < 4.78 is 35.5. The molecule has 1 N–H and O–H groups in total. The normalized spacial score (nSPS) is 16.3. The molecule has 10 nitrogen and oxygen atoms in total. The SMILES string of the molecule is CCCOc1cc([C@H]2CC[C@H](c3cc(OC)c(OC)c(OC)c3)O2)cc(N(CC)C(=O)N(O)CCC)c1OCCC. The Labute approximate surface area is 244 Å². The maximum atomic E-state index is 13.3. The second-order valence-electron chi connectivity index (χ2n) is 9.86. The van der Waals surface area contributed by atoms with Gasteiger partial charge in [0, 0.05) is 13.1 Å². The molecule has 2 aromatic carbocycles. The molecular formula is C31H46N2O8. The Bertz CT molecular complexity index is 1120. The number of ether oxygens (including phenoxy) is 6. The predicted molar refractivity (Wildman–Crippen MR) is 157 cm³/mol. The molecule has 0 bridgehead atoms. The average Bonchev–Trinajstić information content (AvgIpc) is 3.49. The summed E-state index contributed by atoms with van der Waals surface area (Å²) in [6.45, 7) is 9.34. The molecule has 0 aromatic heterocycles. The smallest absolute Gasteiger partial charge is 0.348 e. The van der Waals surface area contributed by atoms with Gasteiger partial charge in [0.25, 0.3) is 0 Å². The standard InChI is InChI=1S/C31H46N2O8/c1-8-14-33(35)31(34)32(11-4)23-17-21(20-28(39-15-9-2)29(23)40-16-10-3)24-12-13-25(41-24)22-18-26(36-5)30(38-7)27(19-22)37-6/h17-20,24-25,35H,8-16H2,1-7H3/t24-,25-/m1/s1. The average molecular weight is 575 g/mol. The summed E-state index contributed by atoms with van der Waals surface area (Å²) in [5.74, 6) is 2.72. The first-order chi connectivity index (χ1) is 19.9. The molecule has 0 aliphatic carbocycles. The number of urea groups is 1. The van der Waals surface area contributed by atoms with Crippen LogP contribution in [0.3, 0.4) is 0 Å². The maximum absolute atomic E-state index is 13.3. The Morgan fingerprint density at radius 3 is 1.88 bits per heavy atom. The fraction of sp³-hybridized carbons (Fsp3) is 0.581. The molecule has 0 radical (unpaired) electrons. The lowest BCUT2D eigenvalue weighted by Gasteiger charge is -2.29. The van der Waals surface area contributed by atoms with Gasteiger partial charge in [0.05, 0.1) is 52.4 Å². The third-order valence-electron chi connectivity index (χ3n) is 6.91. The fourth-order valence-electron chi connectivity index (χ4n) is 4.93. The molecule has 0 unspecified atom stereocenters. The van der Waals surface area contributed by atoms with Crippen molar-refractivity contribution in [2.45, 2.75) is 72.0 Å². The number of benzene rings is 2. The highest BCUT2D eigenvalue weighted by molar-refractivity contribution is 5.93. The first kappa shape index (κ1) is 32.1. The van der Waals surface area contributed by atoms with E-state index < -0.39 is 6.03 Å². The van der Waals surface area contributed by atoms with Crippen molar-refractivity contribution in [2.24, 2.45) is 0 Å². The molecule has 2 atom stereocenters. The van der Waals surface area contributed by atoms with Gasteiger partial charge in [0.15, 0.2) is 23.0 Å². The topological polar surface area (TPSA) is 99.2 Å². The van der Waals surface area contributed by atoms with E-state index in [0.29, 0.717) is 60.6 Å². The van der Waals surface area contributed by atoms with Crippen LogP contribution in [-0.4, -0.2) is 63.9 Å². The van der Waals surface area contributed by atoms with Gasteiger partial charge in [-0.05, 0) is 74.4 Å². The van der Waals surface area contributed by atoms with Gasteiger partial charge in [-0.1, -0.05) is 20.8 Å². The Hall–Kier alpha value is -3.37. The number of carbonyl (C=O) groups is 1. The van der Waals surface area contributed by atoms with Crippen LogP contribution in [0.5, 0.6) is 28.7 Å². The highest BCUT2D eigenvalue weighted by atomic mass is 16.5. The molecule has 1 fully saturated rings. The summed E-state index contributed by atoms with van der Waals surface area (Å²) in [4.78, 5) is 14.8. The van der Waals surface area contributed by atoms with Crippen molar-refractivity contribution in [3.8, 4) is 28.7 Å². The van der Waals surface area contributed by atoms with E-state index in [9.17, 15) is 10.0 Å². The number of carbonyl (C=O) groups excluding carboxylic acids is 1. The monoisotopic (exact) mass is 574 g/mol. The molecule has 1 heterocycles. The van der Waals surface area contributed by atoms with Crippen molar-refractivity contribution in [3.05, 3.63) is 35.4 Å². The van der Waals surface area contributed by atoms with Crippen molar-refractivity contribution in [1.82, 2.24) is 5.06 Å². The van der Waals surface area contributed by atoms with E-state index in [1.165, 1.54) is 4.90 Å². The second kappa shape index (κ2) is 15.6. The first-order valence-electron chi connectivity index (χ1n) is 14.5. The molecule has 0 spiro atoms. The third-order valence-corrected chi connectivity index (χ3v) is 6.91. The van der Waals surface area contributed by atoms with Crippen LogP contribution in [0.4, 0.5) is 10.5 Å². The van der Waals surface area contributed by atoms with Gasteiger partial charge in [-0.2, -0.15) is 0 Å². The number of hydrogen-bond donors (Lipinski definition) is 1. The van der Waals surface area contributed by atoms with Crippen LogP contribution >= 0.6 is 0 Å². The van der Waals surface area contributed by atoms with E-state index in [2.05, 4.69) is 0 Å². The van der Waals surface area contributed by atoms with Crippen molar-refractivity contribution >= 4 is 11.7 Å². The fourth-order valence-corrected chi connectivity index (χ4v) is 4.93. The Morgan fingerprint density at radius 2 is 1.37 bits per heavy atom. The molecule has 3 rings (SSSR count). The summed E-state index contributed by atoms with van der Waals surface area (Å²) >= 11 is 0. The molecule has 1 saturated heterocycles. The van der Waals surface area contributed by atoms with Gasteiger partial charge in [-0.3, -0.25) is 10.1 Å². The van der Waals surface area contributed by atoms with E-state index in [0.717, 1.165) is 41.9 Å². The molecule has 41 heavy (non-hydrogen) atoms. The van der Waals surface area contributed by atoms with Crippen LogP contribution in [0.15, 0.2) is 24.3 Å². The number of hydroxylamine groups is 2. The van der Waals surface area contributed by atoms with Crippen LogP contribution in [0.25, 0.3) is 0 Å². The Balaban J connectivity index is 2.04. The van der Waals surface area contributed by atoms with Gasteiger partial charge < -0.3 is 28.4 Å². The molecule has 1 aliphatic rings. The summed E-state index contributed by atoms with van der Waals surface area (Å²) in [6.07, 6.45) is 3.31. The molecule has 1 aliphatic heterocycles. The quantitative estimate of drug-likeness (QED) is 0.181. The van der Waals surface area contributed by atoms with Crippen molar-refractivity contribution in [3.63, 3.8) is 0 Å². The summed E-state index contributed by atoms with van der Waals surface area (Å²) in [5, 5.41) is 11.2. The lowest BCUT2D eigenvalue weighted by atomic mass is 10.0. The van der Waals surface area contributed by atoms with Gasteiger partial charge >= 0.3 is 6.03 Å². The minimum atomic E-state index is -0.517. The molecule has 2 amide bonds. The number of nitrogens with zero attached hydrogens (tertiary/aromatic N) is 2. The van der Waals surface area contributed by atoms with Crippen molar-refractivity contribution < 1.29 is 38.4 Å². The lowest BCUT2D eigenvalue weighted by Crippen LogP contribution is -2.42. The maximum Gasteiger partial charge on any atom is 0.348 e. The highest BCUT2D eigenvalue weighted by Gasteiger charge is 2.33. The van der Waals surface area contributed by atoms with Gasteiger partial charge in [-0.15, -0.1) is 0 Å². The summed E-state index contributed by atoms with van der Waals surface area (Å²) in [7, 11) is 4.76. The van der Waals surface area contributed by atoms with Gasteiger partial charge in [0.1, 0.15) is 0 Å². The lowest BCUT2D eigenvalue weighted by molar-refractivity contribution is -0.0397. The Kier molecular flexibility index (Phi) is 12.2. The minimum Gasteiger partial charge on any atom is -0.493 e. The number of rotatable bonds is 15. The highest BCUT2D eigenvalue weighted by Crippen LogP contribution is 2.49. The second-order valence-corrected chi connectivity index (χ2v) is 9.86. The van der Waals surface area contributed by atoms with Crippen LogP contribution in [0.1, 0.15) is 83.1 Å². The number of amides is 2. The first-order valence-corrected chi connectivity index (χ1v) is 14.5. The van der Waals surface area contributed by atoms with Gasteiger partial charge in [0.2, 0.25) is 5.75 Å². The molecule has 228 valence electrons. The minimum absolute atomic E-state index is 0.199. The van der Waals surface area contributed by atoms with E-state index in [1.54, 1.807) is 21.3 Å². The summed E-state index contributed by atoms with van der Waals surface area (Å²) in [5.41, 5.74) is 2.34. The molecular weight excluding hydrogens is 528 g/mol. The molecule has 2 aromatic rings. The van der Waals surface area contributed by atoms with E-state index in [1.807, 2.05) is 52.0 Å². The number of methoxy groups -OCH3 is 3. The van der Waals surface area contributed by atoms with Crippen LogP contribution in [-0.2, 0) is 4.74 Å². The van der Waals surface area contributed by atoms with Crippen LogP contribution in [0.2, 0.25) is 0 Å². The number of hydrogen-bond acceptors (Lipinski definition) is 8. The number of anilines is 1. The zero-order chi connectivity index (χ0) is 29.9. The van der Waals surface area contributed by atoms with Crippen molar-refractivity contribution in [1.29, 1.82) is 0 Å². The van der Waals surface area contributed by atoms with Crippen molar-refractivity contribution in [2.75, 3.05) is 52.5 Å². The predicted octanol–water partition coefficient (Wildman–Crippen LogP) is 6.93. The van der Waals surface area contributed by atoms with E-state index in [4.69, 9.17) is 28.4 Å². The van der Waals surface area contributed by atoms with Crippen LogP contribution in [0, 0.1) is 0 Å².